The third-order valence-corrected chi connectivity index (χ3v) is 2.24. The molecule has 1 amide bonds. The van der Waals surface area contributed by atoms with Gasteiger partial charge in [0.1, 0.15) is 6.73 Å². The highest BCUT2D eigenvalue weighted by molar-refractivity contribution is 5.92. The maximum absolute atomic E-state index is 11.8. The van der Waals surface area contributed by atoms with E-state index in [0.29, 0.717) is 19.8 Å². The van der Waals surface area contributed by atoms with Crippen LogP contribution in [-0.2, 0) is 9.53 Å². The highest BCUT2D eigenvalue weighted by atomic mass is 16.5. The number of carbonyl (C=O) groups is 1. The molecule has 88 valence electrons. The average molecular weight is 221 g/mol. The lowest BCUT2D eigenvalue weighted by atomic mass is 10.3. The van der Waals surface area contributed by atoms with Crippen molar-refractivity contribution in [1.82, 2.24) is 0 Å². The quantitative estimate of drug-likeness (QED) is 0.546. The van der Waals surface area contributed by atoms with Crippen molar-refractivity contribution in [2.75, 3.05) is 18.2 Å². The summed E-state index contributed by atoms with van der Waals surface area (Å²) in [5.74, 6) is 0.0855. The van der Waals surface area contributed by atoms with Crippen LogP contribution in [0.5, 0.6) is 0 Å². The Labute approximate surface area is 97.0 Å². The van der Waals surface area contributed by atoms with E-state index in [-0.39, 0.29) is 5.91 Å². The summed E-state index contributed by atoms with van der Waals surface area (Å²) in [4.78, 5) is 13.4. The smallest absolute Gasteiger partial charge is 0.228 e. The Kier molecular flexibility index (Phi) is 5.57. The highest BCUT2D eigenvalue weighted by Gasteiger charge is 2.12. The van der Waals surface area contributed by atoms with E-state index >= 15 is 0 Å². The second kappa shape index (κ2) is 7.01. The van der Waals surface area contributed by atoms with Crippen molar-refractivity contribution in [2.45, 2.75) is 26.7 Å². The van der Waals surface area contributed by atoms with Gasteiger partial charge in [0.25, 0.3) is 0 Å². The Morgan fingerprint density at radius 3 is 2.50 bits per heavy atom. The van der Waals surface area contributed by atoms with E-state index < -0.39 is 0 Å². The fourth-order valence-electron chi connectivity index (χ4n) is 1.39. The Morgan fingerprint density at radius 1 is 1.25 bits per heavy atom. The molecule has 1 rings (SSSR count). The summed E-state index contributed by atoms with van der Waals surface area (Å²) in [6.07, 6.45) is 1.45. The number of anilines is 1. The maximum atomic E-state index is 11.8. The zero-order valence-corrected chi connectivity index (χ0v) is 9.98. The molecule has 0 aromatic heterocycles. The second-order valence-electron chi connectivity index (χ2n) is 3.55. The largest absolute Gasteiger partial charge is 0.361 e. The van der Waals surface area contributed by atoms with Crippen molar-refractivity contribution >= 4 is 11.6 Å². The van der Waals surface area contributed by atoms with Gasteiger partial charge < -0.3 is 4.74 Å². The van der Waals surface area contributed by atoms with Crippen LogP contribution >= 0.6 is 0 Å². The molecule has 0 spiro atoms. The first-order chi connectivity index (χ1) is 7.79. The van der Waals surface area contributed by atoms with Crippen molar-refractivity contribution in [3.63, 3.8) is 0 Å². The van der Waals surface area contributed by atoms with Crippen LogP contribution in [0.4, 0.5) is 5.69 Å². The number of ether oxygens (including phenoxy) is 1. The number of carbonyl (C=O) groups excluding carboxylic acids is 1. The predicted octanol–water partition coefficient (Wildman–Crippen LogP) is 2.81. The number of para-hydroxylation sites is 1. The third kappa shape index (κ3) is 3.66. The highest BCUT2D eigenvalue weighted by Crippen LogP contribution is 2.14. The van der Waals surface area contributed by atoms with E-state index in [2.05, 4.69) is 6.92 Å². The number of amides is 1. The van der Waals surface area contributed by atoms with Crippen LogP contribution in [0.1, 0.15) is 26.7 Å². The fourth-order valence-corrected chi connectivity index (χ4v) is 1.39. The van der Waals surface area contributed by atoms with Gasteiger partial charge in [0.15, 0.2) is 0 Å². The van der Waals surface area contributed by atoms with Crippen molar-refractivity contribution in [2.24, 2.45) is 0 Å². The first-order valence-electron chi connectivity index (χ1n) is 5.72. The molecule has 0 aliphatic heterocycles. The predicted molar refractivity (Wildman–Crippen MR) is 65.3 cm³/mol. The third-order valence-electron chi connectivity index (χ3n) is 2.24. The van der Waals surface area contributed by atoms with Crippen LogP contribution in [0.3, 0.4) is 0 Å². The summed E-state index contributed by atoms with van der Waals surface area (Å²) in [6.45, 7) is 4.93. The SMILES string of the molecule is CCCOCN(C(=O)CC)c1ccccc1. The average Bonchev–Trinajstić information content (AvgIpc) is 2.35. The van der Waals surface area contributed by atoms with Crippen LogP contribution in [0.15, 0.2) is 30.3 Å². The summed E-state index contributed by atoms with van der Waals surface area (Å²) in [5.41, 5.74) is 0.894. The molecule has 1 aromatic carbocycles. The molecule has 0 radical (unpaired) electrons. The van der Waals surface area contributed by atoms with E-state index in [9.17, 15) is 4.79 Å². The van der Waals surface area contributed by atoms with E-state index in [1.165, 1.54) is 0 Å². The number of rotatable bonds is 6. The Morgan fingerprint density at radius 2 is 1.94 bits per heavy atom. The van der Waals surface area contributed by atoms with E-state index in [0.717, 1.165) is 12.1 Å². The summed E-state index contributed by atoms with van der Waals surface area (Å²) in [7, 11) is 0. The van der Waals surface area contributed by atoms with Gasteiger partial charge in [0.05, 0.1) is 0 Å². The molecule has 16 heavy (non-hydrogen) atoms. The van der Waals surface area contributed by atoms with Crippen molar-refractivity contribution in [3.8, 4) is 0 Å². The molecule has 1 aromatic rings. The Balaban J connectivity index is 2.68. The molecule has 0 fully saturated rings. The molecule has 0 bridgehead atoms. The molecular weight excluding hydrogens is 202 g/mol. The van der Waals surface area contributed by atoms with Crippen LogP contribution < -0.4 is 4.90 Å². The van der Waals surface area contributed by atoms with Crippen LogP contribution in [0.25, 0.3) is 0 Å². The molecule has 0 aliphatic carbocycles. The summed E-state index contributed by atoms with van der Waals surface area (Å²) >= 11 is 0. The zero-order chi connectivity index (χ0) is 11.8. The molecule has 3 heteroatoms. The van der Waals surface area contributed by atoms with E-state index in [1.54, 1.807) is 4.90 Å². The van der Waals surface area contributed by atoms with Gasteiger partial charge in [-0.25, -0.2) is 0 Å². The minimum absolute atomic E-state index is 0.0855. The first-order valence-corrected chi connectivity index (χ1v) is 5.72. The Hall–Kier alpha value is -1.35. The number of benzene rings is 1. The molecule has 3 nitrogen and oxygen atoms in total. The topological polar surface area (TPSA) is 29.5 Å². The fraction of sp³-hybridized carbons (Fsp3) is 0.462. The van der Waals surface area contributed by atoms with Gasteiger partial charge in [0.2, 0.25) is 5.91 Å². The molecule has 0 saturated carbocycles. The number of nitrogens with zero attached hydrogens (tertiary/aromatic N) is 1. The lowest BCUT2D eigenvalue weighted by Crippen LogP contribution is -2.32. The molecule has 0 saturated heterocycles. The first kappa shape index (κ1) is 12.7. The summed E-state index contributed by atoms with van der Waals surface area (Å²) < 4.78 is 5.43. The van der Waals surface area contributed by atoms with E-state index in [4.69, 9.17) is 4.74 Å². The van der Waals surface area contributed by atoms with Crippen LogP contribution in [0, 0.1) is 0 Å². The van der Waals surface area contributed by atoms with Gasteiger partial charge in [-0.15, -0.1) is 0 Å². The lowest BCUT2D eigenvalue weighted by Gasteiger charge is -2.22. The molecule has 0 unspecified atom stereocenters. The second-order valence-corrected chi connectivity index (χ2v) is 3.55. The van der Waals surface area contributed by atoms with Crippen molar-refractivity contribution < 1.29 is 9.53 Å². The minimum atomic E-state index is 0.0855. The molecule has 0 N–H and O–H groups in total. The minimum Gasteiger partial charge on any atom is -0.361 e. The van der Waals surface area contributed by atoms with Crippen LogP contribution in [0.2, 0.25) is 0 Å². The Bertz CT molecular complexity index is 311. The monoisotopic (exact) mass is 221 g/mol. The molecule has 0 heterocycles. The van der Waals surface area contributed by atoms with Crippen molar-refractivity contribution in [3.05, 3.63) is 30.3 Å². The molecule has 0 aliphatic rings. The number of hydrogen-bond donors (Lipinski definition) is 0. The standard InChI is InChI=1S/C13H19NO2/c1-3-10-16-11-14(13(15)4-2)12-8-6-5-7-9-12/h5-9H,3-4,10-11H2,1-2H3. The molecular formula is C13H19NO2. The van der Waals surface area contributed by atoms with Gasteiger partial charge >= 0.3 is 0 Å². The maximum Gasteiger partial charge on any atom is 0.228 e. The lowest BCUT2D eigenvalue weighted by molar-refractivity contribution is -0.119. The van der Waals surface area contributed by atoms with Gasteiger partial charge in [-0.3, -0.25) is 9.69 Å². The summed E-state index contributed by atoms with van der Waals surface area (Å²) in [5, 5.41) is 0. The van der Waals surface area contributed by atoms with Gasteiger partial charge in [-0.1, -0.05) is 32.0 Å². The number of hydrogen-bond acceptors (Lipinski definition) is 2. The normalized spacial score (nSPS) is 10.1. The van der Waals surface area contributed by atoms with Crippen molar-refractivity contribution in [1.29, 1.82) is 0 Å². The molecule has 0 atom stereocenters. The van der Waals surface area contributed by atoms with Crippen LogP contribution in [-0.4, -0.2) is 19.2 Å². The zero-order valence-electron chi connectivity index (χ0n) is 9.98. The van der Waals surface area contributed by atoms with Gasteiger partial charge in [0, 0.05) is 18.7 Å². The van der Waals surface area contributed by atoms with Gasteiger partial charge in [-0.05, 0) is 18.6 Å². The van der Waals surface area contributed by atoms with Gasteiger partial charge in [-0.2, -0.15) is 0 Å². The van der Waals surface area contributed by atoms with E-state index in [1.807, 2.05) is 37.3 Å². The summed E-state index contributed by atoms with van der Waals surface area (Å²) in [6, 6.07) is 9.62.